The van der Waals surface area contributed by atoms with E-state index in [1.807, 2.05) is 65.0 Å². The topological polar surface area (TPSA) is 72.9 Å². The number of nitrogens with one attached hydrogen (secondary N) is 1. The summed E-state index contributed by atoms with van der Waals surface area (Å²) in [6, 6.07) is 10.0. The Kier molecular flexibility index (Phi) is 16.6. The fourth-order valence-electron chi connectivity index (χ4n) is 3.34. The van der Waals surface area contributed by atoms with E-state index >= 15 is 0 Å². The Morgan fingerprint density at radius 2 is 1.56 bits per heavy atom. The first-order chi connectivity index (χ1) is 16.2. The first kappa shape index (κ1) is 32.2. The van der Waals surface area contributed by atoms with Crippen LogP contribution in [0.3, 0.4) is 0 Å². The number of rotatable bonds is 5. The van der Waals surface area contributed by atoms with E-state index in [2.05, 4.69) is 28.7 Å². The molecular formula is C26H44FN3O3S. The Hall–Kier alpha value is -1.84. The Morgan fingerprint density at radius 3 is 2.06 bits per heavy atom. The Labute approximate surface area is 206 Å². The molecule has 0 radical (unpaired) electrons. The van der Waals surface area contributed by atoms with Crippen molar-refractivity contribution in [2.24, 2.45) is 0 Å². The summed E-state index contributed by atoms with van der Waals surface area (Å²) in [5.41, 5.74) is 2.24. The summed E-state index contributed by atoms with van der Waals surface area (Å²) >= 11 is 0. The third-order valence-electron chi connectivity index (χ3n) is 5.41. The highest BCUT2D eigenvalue weighted by atomic mass is 32.2. The molecule has 0 amide bonds. The van der Waals surface area contributed by atoms with E-state index in [0.717, 1.165) is 17.8 Å². The summed E-state index contributed by atoms with van der Waals surface area (Å²) in [5, 5.41) is 7.13. The number of hydrogen-bond donors (Lipinski definition) is 2. The molecule has 6 nitrogen and oxygen atoms in total. The van der Waals surface area contributed by atoms with Gasteiger partial charge < -0.3 is 5.11 Å². The van der Waals surface area contributed by atoms with Crippen LogP contribution in [0.1, 0.15) is 40.2 Å². The second-order valence-corrected chi connectivity index (χ2v) is 9.78. The lowest BCUT2D eigenvalue weighted by Gasteiger charge is -2.37. The molecule has 2 N–H and O–H groups in total. The number of aliphatic hydroxyl groups is 1. The summed E-state index contributed by atoms with van der Waals surface area (Å²) in [5.74, 6) is 0. The molecule has 1 fully saturated rings. The maximum atomic E-state index is 13.1. The average Bonchev–Trinajstić information content (AvgIpc) is 3.07. The van der Waals surface area contributed by atoms with Crippen LogP contribution in [0.4, 0.5) is 4.48 Å². The molecule has 1 aliphatic heterocycles. The molecule has 8 heteroatoms. The van der Waals surface area contributed by atoms with E-state index in [-0.39, 0.29) is 12.1 Å². The van der Waals surface area contributed by atoms with Crippen LogP contribution >= 0.6 is 0 Å². The van der Waals surface area contributed by atoms with E-state index in [4.69, 9.17) is 5.11 Å². The Morgan fingerprint density at radius 1 is 1.00 bits per heavy atom. The third kappa shape index (κ3) is 12.0. The summed E-state index contributed by atoms with van der Waals surface area (Å²) in [7, 11) is -2.50. The zero-order valence-corrected chi connectivity index (χ0v) is 22.6. The molecule has 1 heterocycles. The molecule has 2 aliphatic rings. The number of halogens is 1. The van der Waals surface area contributed by atoms with Crippen LogP contribution in [0.5, 0.6) is 0 Å². The van der Waals surface area contributed by atoms with Gasteiger partial charge in [0.25, 0.3) is 0 Å². The van der Waals surface area contributed by atoms with Crippen molar-refractivity contribution in [2.45, 2.75) is 58.9 Å². The van der Waals surface area contributed by atoms with Gasteiger partial charge in [-0.3, -0.25) is 4.90 Å². The molecule has 0 bridgehead atoms. The second kappa shape index (κ2) is 17.6. The predicted molar refractivity (Wildman–Crippen MR) is 142 cm³/mol. The molecule has 1 aromatic rings. The number of sulfonamides is 1. The number of benzene rings is 1. The highest BCUT2D eigenvalue weighted by Crippen LogP contribution is 2.15. The van der Waals surface area contributed by atoms with E-state index in [0.29, 0.717) is 26.2 Å². The van der Waals surface area contributed by atoms with Gasteiger partial charge in [-0.05, 0) is 27.7 Å². The van der Waals surface area contributed by atoms with Gasteiger partial charge in [-0.15, -0.1) is 9.60 Å². The summed E-state index contributed by atoms with van der Waals surface area (Å²) < 4.78 is 41.1. The number of piperazine rings is 1. The highest BCUT2D eigenvalue weighted by molar-refractivity contribution is 7.90. The largest absolute Gasteiger partial charge is 0.400 e. The summed E-state index contributed by atoms with van der Waals surface area (Å²) in [6.45, 7) is 13.7. The zero-order valence-electron chi connectivity index (χ0n) is 21.8. The number of hydrogen-bond acceptors (Lipinski definition) is 5. The van der Waals surface area contributed by atoms with Crippen LogP contribution < -0.4 is 4.72 Å². The molecule has 0 aromatic heterocycles. The van der Waals surface area contributed by atoms with Crippen molar-refractivity contribution in [2.75, 3.05) is 33.3 Å². The van der Waals surface area contributed by atoms with Crippen LogP contribution in [0, 0.1) is 6.92 Å². The van der Waals surface area contributed by atoms with Gasteiger partial charge in [0.2, 0.25) is 10.0 Å². The van der Waals surface area contributed by atoms with E-state index in [9.17, 15) is 12.9 Å². The molecule has 3 atom stereocenters. The lowest BCUT2D eigenvalue weighted by atomic mass is 10.1. The van der Waals surface area contributed by atoms with Gasteiger partial charge in [0.05, 0.1) is 0 Å². The van der Waals surface area contributed by atoms with Gasteiger partial charge in [0, 0.05) is 45.4 Å². The molecule has 34 heavy (non-hydrogen) atoms. The molecule has 0 saturated carbocycles. The molecule has 1 aromatic carbocycles. The van der Waals surface area contributed by atoms with Crippen molar-refractivity contribution in [1.29, 1.82) is 0 Å². The molecule has 1 saturated heterocycles. The maximum Gasteiger partial charge on any atom is 0.222 e. The molecule has 1 aliphatic carbocycles. The van der Waals surface area contributed by atoms with E-state index in [1.54, 1.807) is 18.2 Å². The molecule has 3 unspecified atom stereocenters. The SMILES string of the molecule is CC.CC1=CC(S(=O)(=O)NC(C)C(C)N2CCN(F)CC2)C=CC=C1.CO.Cc1ccccc1. The minimum absolute atomic E-state index is 0.0106. The maximum absolute atomic E-state index is 13.1. The zero-order chi connectivity index (χ0) is 26.1. The standard InChI is InChI=1S/C16H26FN3O2S.C7H8.C2H6.CH4O/c1-13-6-4-5-7-16(12-13)23(21,22)18-14(2)15(3)19-8-10-20(17)11-9-19;1-7-5-3-2-4-6-7;2*1-2/h4-7,12,14-16,18H,8-11H2,1-3H3;2-6H,1H3;1-2H3;2H,1H3. The number of nitrogens with zero attached hydrogens (tertiary/aromatic N) is 2. The molecule has 3 rings (SSSR count). The van der Waals surface area contributed by atoms with Gasteiger partial charge in [0.1, 0.15) is 5.25 Å². The monoisotopic (exact) mass is 497 g/mol. The fraction of sp³-hybridized carbons (Fsp3) is 0.538. The first-order valence-electron chi connectivity index (χ1n) is 11.8. The highest BCUT2D eigenvalue weighted by Gasteiger charge is 2.29. The van der Waals surface area contributed by atoms with Gasteiger partial charge >= 0.3 is 0 Å². The van der Waals surface area contributed by atoms with Gasteiger partial charge in [-0.1, -0.05) is 85.7 Å². The number of allylic oxidation sites excluding steroid dienone is 4. The summed E-state index contributed by atoms with van der Waals surface area (Å²) in [6.07, 6.45) is 8.89. The quantitative estimate of drug-likeness (QED) is 0.595. The summed E-state index contributed by atoms with van der Waals surface area (Å²) in [4.78, 5) is 2.12. The molecular weight excluding hydrogens is 453 g/mol. The Bertz CT molecular complexity index is 849. The fourth-order valence-corrected chi connectivity index (χ4v) is 4.90. The van der Waals surface area contributed by atoms with E-state index in [1.165, 1.54) is 5.56 Å². The number of aliphatic hydroxyl groups excluding tert-OH is 1. The third-order valence-corrected chi connectivity index (χ3v) is 7.12. The predicted octanol–water partition coefficient (Wildman–Crippen LogP) is 4.26. The first-order valence-corrected chi connectivity index (χ1v) is 13.4. The normalized spacial score (nSPS) is 20.1. The average molecular weight is 498 g/mol. The van der Waals surface area contributed by atoms with Crippen molar-refractivity contribution in [3.8, 4) is 0 Å². The van der Waals surface area contributed by atoms with Crippen LogP contribution in [0.2, 0.25) is 0 Å². The van der Waals surface area contributed by atoms with Crippen LogP contribution in [-0.4, -0.2) is 74.2 Å². The van der Waals surface area contributed by atoms with Gasteiger partial charge in [0.15, 0.2) is 0 Å². The minimum Gasteiger partial charge on any atom is -0.400 e. The smallest absolute Gasteiger partial charge is 0.222 e. The van der Waals surface area contributed by atoms with Crippen molar-refractivity contribution >= 4 is 10.0 Å². The van der Waals surface area contributed by atoms with Gasteiger partial charge in [-0.25, -0.2) is 13.1 Å². The molecule has 0 spiro atoms. The van der Waals surface area contributed by atoms with Crippen molar-refractivity contribution in [1.82, 2.24) is 14.7 Å². The second-order valence-electron chi connectivity index (χ2n) is 7.91. The lowest BCUT2D eigenvalue weighted by Crippen LogP contribution is -2.54. The lowest BCUT2D eigenvalue weighted by molar-refractivity contribution is -0.0327. The molecule has 194 valence electrons. The van der Waals surface area contributed by atoms with E-state index < -0.39 is 15.3 Å². The van der Waals surface area contributed by atoms with Crippen molar-refractivity contribution in [3.05, 3.63) is 71.8 Å². The Balaban J connectivity index is 0.000000826. The van der Waals surface area contributed by atoms with Crippen LogP contribution in [0.25, 0.3) is 0 Å². The van der Waals surface area contributed by atoms with Crippen molar-refractivity contribution in [3.63, 3.8) is 0 Å². The minimum atomic E-state index is -3.50. The van der Waals surface area contributed by atoms with Gasteiger partial charge in [-0.2, -0.15) is 0 Å². The van der Waals surface area contributed by atoms with Crippen molar-refractivity contribution < 1.29 is 18.0 Å². The van der Waals surface area contributed by atoms with Crippen LogP contribution in [0.15, 0.2) is 66.3 Å². The van der Waals surface area contributed by atoms with Crippen LogP contribution in [-0.2, 0) is 10.0 Å². The number of aryl methyl sites for hydroxylation is 1.